The second-order valence-corrected chi connectivity index (χ2v) is 14.5. The maximum atomic E-state index is 14.7. The van der Waals surface area contributed by atoms with Crippen LogP contribution in [0.2, 0.25) is 19.6 Å². The van der Waals surface area contributed by atoms with E-state index in [1.807, 2.05) is 12.1 Å². The van der Waals surface area contributed by atoms with Crippen LogP contribution in [0.15, 0.2) is 42.5 Å². The van der Waals surface area contributed by atoms with Crippen LogP contribution in [0.25, 0.3) is 0 Å². The molecule has 0 bridgehead atoms. The molecule has 1 heterocycles. The van der Waals surface area contributed by atoms with Crippen molar-refractivity contribution >= 4 is 30.8 Å². The maximum Gasteiger partial charge on any atom is 0.251 e. The SMILES string of the molecule is COCc1ccc([C@@H](NC(=O)C2CCOCC2)C(=O)Nc2ccc([Si](C)(C)C)c(F)c2)cc1. The van der Waals surface area contributed by atoms with Gasteiger partial charge in [0.1, 0.15) is 11.9 Å². The lowest BCUT2D eigenvalue weighted by molar-refractivity contribution is -0.131. The minimum Gasteiger partial charge on any atom is -0.381 e. The number of carbonyl (C=O) groups excluding carboxylic acids is 2. The highest BCUT2D eigenvalue weighted by Crippen LogP contribution is 2.21. The molecule has 3 rings (SSSR count). The van der Waals surface area contributed by atoms with Crippen molar-refractivity contribution in [3.05, 3.63) is 59.4 Å². The Morgan fingerprint density at radius 2 is 1.79 bits per heavy atom. The van der Waals surface area contributed by atoms with E-state index in [0.717, 1.165) is 5.56 Å². The van der Waals surface area contributed by atoms with Gasteiger partial charge in [-0.3, -0.25) is 9.59 Å². The zero-order valence-corrected chi connectivity index (χ0v) is 20.7. The molecule has 0 spiro atoms. The van der Waals surface area contributed by atoms with Crippen LogP contribution >= 0.6 is 0 Å². The Labute approximate surface area is 195 Å². The largest absolute Gasteiger partial charge is 0.381 e. The first-order valence-corrected chi connectivity index (χ1v) is 14.8. The Balaban J connectivity index is 1.82. The van der Waals surface area contributed by atoms with E-state index in [1.54, 1.807) is 31.4 Å². The zero-order valence-electron chi connectivity index (χ0n) is 19.7. The molecule has 2 amide bonds. The highest BCUT2D eigenvalue weighted by Gasteiger charge is 2.29. The third-order valence-corrected chi connectivity index (χ3v) is 7.83. The van der Waals surface area contributed by atoms with Crippen LogP contribution in [0.3, 0.4) is 0 Å². The van der Waals surface area contributed by atoms with E-state index >= 15 is 0 Å². The van der Waals surface area contributed by atoms with Crippen LogP contribution in [0.1, 0.15) is 30.0 Å². The van der Waals surface area contributed by atoms with E-state index in [9.17, 15) is 14.0 Å². The van der Waals surface area contributed by atoms with Crippen molar-refractivity contribution in [1.82, 2.24) is 5.32 Å². The van der Waals surface area contributed by atoms with Crippen LogP contribution in [0.4, 0.5) is 10.1 Å². The van der Waals surface area contributed by atoms with Gasteiger partial charge in [-0.15, -0.1) is 0 Å². The van der Waals surface area contributed by atoms with E-state index < -0.39 is 20.0 Å². The number of methoxy groups -OCH3 is 1. The van der Waals surface area contributed by atoms with Crippen LogP contribution in [0.5, 0.6) is 0 Å². The molecule has 0 unspecified atom stereocenters. The number of ether oxygens (including phenoxy) is 2. The molecule has 0 saturated carbocycles. The number of anilines is 1. The predicted octanol–water partition coefficient (Wildman–Crippen LogP) is 3.74. The summed E-state index contributed by atoms with van der Waals surface area (Å²) in [6.45, 7) is 7.72. The van der Waals surface area contributed by atoms with Crippen molar-refractivity contribution in [2.75, 3.05) is 25.6 Å². The standard InChI is InChI=1S/C25H33FN2O4Si/c1-31-16-17-5-7-18(8-6-17)23(28-24(29)19-11-13-32-14-12-19)25(30)27-20-9-10-22(21(26)15-20)33(2,3)4/h5-10,15,19,23H,11-14,16H2,1-4H3,(H,27,30)(H,28,29)/t23-/m1/s1. The molecular formula is C25H33FN2O4Si. The van der Waals surface area contributed by atoms with Gasteiger partial charge in [-0.05, 0) is 41.3 Å². The molecule has 2 aromatic rings. The average Bonchev–Trinajstić information content (AvgIpc) is 2.78. The minimum atomic E-state index is -1.83. The summed E-state index contributed by atoms with van der Waals surface area (Å²) in [4.78, 5) is 26.1. The lowest BCUT2D eigenvalue weighted by Crippen LogP contribution is -2.42. The quantitative estimate of drug-likeness (QED) is 0.574. The first kappa shape index (κ1) is 25.1. The average molecular weight is 473 g/mol. The van der Waals surface area contributed by atoms with E-state index in [4.69, 9.17) is 9.47 Å². The van der Waals surface area contributed by atoms with Crippen molar-refractivity contribution in [3.8, 4) is 0 Å². The predicted molar refractivity (Wildman–Crippen MR) is 130 cm³/mol. The van der Waals surface area contributed by atoms with E-state index in [2.05, 4.69) is 30.3 Å². The summed E-state index contributed by atoms with van der Waals surface area (Å²) in [5, 5.41) is 6.39. The van der Waals surface area contributed by atoms with Gasteiger partial charge in [0, 0.05) is 31.9 Å². The van der Waals surface area contributed by atoms with Gasteiger partial charge in [0.05, 0.1) is 14.7 Å². The highest BCUT2D eigenvalue weighted by molar-refractivity contribution is 6.88. The molecule has 6 nitrogen and oxygen atoms in total. The number of nitrogens with one attached hydrogen (secondary N) is 2. The Morgan fingerprint density at radius 1 is 1.12 bits per heavy atom. The molecule has 178 valence electrons. The molecular weight excluding hydrogens is 439 g/mol. The summed E-state index contributed by atoms with van der Waals surface area (Å²) < 4.78 is 25.2. The zero-order chi connectivity index (χ0) is 24.0. The van der Waals surface area contributed by atoms with Gasteiger partial charge in [-0.2, -0.15) is 0 Å². The molecule has 1 aliphatic rings. The van der Waals surface area contributed by atoms with Crippen molar-refractivity contribution < 1.29 is 23.5 Å². The van der Waals surface area contributed by atoms with Gasteiger partial charge in [-0.1, -0.05) is 50.0 Å². The summed E-state index contributed by atoms with van der Waals surface area (Å²) in [7, 11) is -0.218. The molecule has 2 N–H and O–H groups in total. The molecule has 1 aliphatic heterocycles. The molecule has 33 heavy (non-hydrogen) atoms. The van der Waals surface area contributed by atoms with Gasteiger partial charge in [0.15, 0.2) is 0 Å². The van der Waals surface area contributed by atoms with Gasteiger partial charge in [0.25, 0.3) is 5.91 Å². The van der Waals surface area contributed by atoms with Crippen molar-refractivity contribution in [1.29, 1.82) is 0 Å². The number of hydrogen-bond acceptors (Lipinski definition) is 4. The second kappa shape index (κ2) is 11.0. The van der Waals surface area contributed by atoms with Crippen LogP contribution < -0.4 is 15.8 Å². The second-order valence-electron chi connectivity index (χ2n) is 9.44. The molecule has 1 saturated heterocycles. The third-order valence-electron chi connectivity index (χ3n) is 5.81. The molecule has 0 radical (unpaired) electrons. The Kier molecular flexibility index (Phi) is 8.39. The van der Waals surface area contributed by atoms with Gasteiger partial charge >= 0.3 is 0 Å². The number of benzene rings is 2. The first-order chi connectivity index (χ1) is 15.7. The fourth-order valence-corrected chi connectivity index (χ4v) is 5.28. The number of halogens is 1. The molecule has 8 heteroatoms. The van der Waals surface area contributed by atoms with Crippen LogP contribution in [-0.2, 0) is 25.7 Å². The number of hydrogen-bond donors (Lipinski definition) is 2. The third kappa shape index (κ3) is 6.72. The molecule has 1 atom stereocenters. The van der Waals surface area contributed by atoms with Gasteiger partial charge in [0.2, 0.25) is 5.91 Å². The summed E-state index contributed by atoms with van der Waals surface area (Å²) in [6.07, 6.45) is 1.24. The molecule has 2 aromatic carbocycles. The minimum absolute atomic E-state index is 0.181. The number of carbonyl (C=O) groups is 2. The highest BCUT2D eigenvalue weighted by atomic mass is 28.3. The van der Waals surface area contributed by atoms with Crippen LogP contribution in [-0.4, -0.2) is 40.2 Å². The normalized spacial score (nSPS) is 15.7. The Morgan fingerprint density at radius 3 is 2.36 bits per heavy atom. The molecule has 1 fully saturated rings. The smallest absolute Gasteiger partial charge is 0.251 e. The Bertz CT molecular complexity index is 969. The van der Waals surface area contributed by atoms with E-state index in [0.29, 0.717) is 49.1 Å². The monoisotopic (exact) mass is 472 g/mol. The lowest BCUT2D eigenvalue weighted by Gasteiger charge is -2.25. The van der Waals surface area contributed by atoms with E-state index in [1.165, 1.54) is 6.07 Å². The fraction of sp³-hybridized carbons (Fsp3) is 0.440. The van der Waals surface area contributed by atoms with Crippen molar-refractivity contribution in [3.63, 3.8) is 0 Å². The maximum absolute atomic E-state index is 14.7. The van der Waals surface area contributed by atoms with Crippen molar-refractivity contribution in [2.45, 2.75) is 45.1 Å². The summed E-state index contributed by atoms with van der Waals surface area (Å²) in [5.41, 5.74) is 1.97. The van der Waals surface area contributed by atoms with Gasteiger partial charge in [-0.25, -0.2) is 4.39 Å². The molecule has 0 aromatic heterocycles. The summed E-state index contributed by atoms with van der Waals surface area (Å²) in [5.74, 6) is -1.12. The molecule has 0 aliphatic carbocycles. The van der Waals surface area contributed by atoms with E-state index in [-0.39, 0.29) is 17.6 Å². The van der Waals surface area contributed by atoms with Crippen molar-refractivity contribution in [2.24, 2.45) is 5.92 Å². The lowest BCUT2D eigenvalue weighted by atomic mass is 9.97. The summed E-state index contributed by atoms with van der Waals surface area (Å²) in [6, 6.07) is 11.2. The fourth-order valence-electron chi connectivity index (χ4n) is 3.91. The van der Waals surface area contributed by atoms with Gasteiger partial charge < -0.3 is 20.1 Å². The Hall–Kier alpha value is -2.55. The first-order valence-electron chi connectivity index (χ1n) is 11.3. The topological polar surface area (TPSA) is 76.7 Å². The summed E-state index contributed by atoms with van der Waals surface area (Å²) >= 11 is 0. The number of amides is 2. The van der Waals surface area contributed by atoms with Crippen LogP contribution in [0, 0.1) is 11.7 Å². The number of rotatable bonds is 8.